The normalized spacial score (nSPS) is 25.8. The topological polar surface area (TPSA) is 92.4 Å². The lowest BCUT2D eigenvalue weighted by atomic mass is 9.78. The fourth-order valence-electron chi connectivity index (χ4n) is 2.61. The number of aliphatic carboxylic acids is 1. The zero-order chi connectivity index (χ0) is 13.7. The van der Waals surface area contributed by atoms with Crippen LogP contribution >= 0.6 is 0 Å². The molecule has 0 aromatic carbocycles. The molecule has 1 saturated carbocycles. The first-order chi connectivity index (χ1) is 8.47. The summed E-state index contributed by atoms with van der Waals surface area (Å²) in [6.45, 7) is 4.08. The zero-order valence-electron chi connectivity index (χ0n) is 11.2. The molecule has 4 N–H and O–H groups in total. The average molecular weight is 256 g/mol. The van der Waals surface area contributed by atoms with E-state index >= 15 is 0 Å². The smallest absolute Gasteiger partial charge is 0.326 e. The Kier molecular flexibility index (Phi) is 5.59. The molecule has 1 aliphatic rings. The van der Waals surface area contributed by atoms with Crippen molar-refractivity contribution in [2.45, 2.75) is 45.6 Å². The van der Waals surface area contributed by atoms with Crippen molar-refractivity contribution in [1.29, 1.82) is 0 Å². The second-order valence-electron chi connectivity index (χ2n) is 5.46. The Labute approximate surface area is 108 Å². The van der Waals surface area contributed by atoms with Crippen LogP contribution in [0.3, 0.4) is 0 Å². The van der Waals surface area contributed by atoms with Crippen molar-refractivity contribution in [3.8, 4) is 0 Å². The van der Waals surface area contributed by atoms with Gasteiger partial charge in [-0.15, -0.1) is 0 Å². The maximum atomic E-state index is 12.2. The van der Waals surface area contributed by atoms with Crippen LogP contribution in [-0.2, 0) is 9.59 Å². The quantitative estimate of drug-likeness (QED) is 0.683. The Morgan fingerprint density at radius 3 is 2.44 bits per heavy atom. The standard InChI is InChI=1S/C13H24N2O3/c1-8(2)11(13(17)18)15-12(16)10-6-4-3-5-9(10)7-14/h8-11H,3-7,14H2,1-2H3,(H,15,16)(H,17,18)/t9?,10?,11-/m1/s1. The van der Waals surface area contributed by atoms with Gasteiger partial charge in [-0.25, -0.2) is 4.79 Å². The van der Waals surface area contributed by atoms with Gasteiger partial charge in [-0.05, 0) is 31.2 Å². The zero-order valence-corrected chi connectivity index (χ0v) is 11.2. The first kappa shape index (κ1) is 15.0. The summed E-state index contributed by atoms with van der Waals surface area (Å²) in [5, 5.41) is 11.7. The van der Waals surface area contributed by atoms with E-state index in [0.717, 1.165) is 25.7 Å². The molecule has 5 heteroatoms. The van der Waals surface area contributed by atoms with E-state index < -0.39 is 12.0 Å². The molecule has 1 amide bonds. The minimum atomic E-state index is -0.974. The molecule has 0 spiro atoms. The van der Waals surface area contributed by atoms with Gasteiger partial charge in [0.05, 0.1) is 0 Å². The van der Waals surface area contributed by atoms with Crippen molar-refractivity contribution in [2.75, 3.05) is 6.54 Å². The van der Waals surface area contributed by atoms with Crippen molar-refractivity contribution >= 4 is 11.9 Å². The number of hydrogen-bond donors (Lipinski definition) is 3. The van der Waals surface area contributed by atoms with Crippen molar-refractivity contribution in [2.24, 2.45) is 23.5 Å². The summed E-state index contributed by atoms with van der Waals surface area (Å²) in [6.07, 6.45) is 3.92. The van der Waals surface area contributed by atoms with Crippen molar-refractivity contribution in [3.05, 3.63) is 0 Å². The third-order valence-electron chi connectivity index (χ3n) is 3.78. The van der Waals surface area contributed by atoms with Crippen LogP contribution in [0.2, 0.25) is 0 Å². The molecule has 104 valence electrons. The summed E-state index contributed by atoms with van der Waals surface area (Å²) in [5.41, 5.74) is 5.69. The Hall–Kier alpha value is -1.10. The van der Waals surface area contributed by atoms with E-state index in [4.69, 9.17) is 10.8 Å². The van der Waals surface area contributed by atoms with Gasteiger partial charge in [-0.2, -0.15) is 0 Å². The van der Waals surface area contributed by atoms with Gasteiger partial charge in [0.25, 0.3) is 0 Å². The molecular weight excluding hydrogens is 232 g/mol. The van der Waals surface area contributed by atoms with E-state index in [2.05, 4.69) is 5.32 Å². The van der Waals surface area contributed by atoms with E-state index in [1.54, 1.807) is 13.8 Å². The summed E-state index contributed by atoms with van der Waals surface area (Å²) in [4.78, 5) is 23.2. The summed E-state index contributed by atoms with van der Waals surface area (Å²) < 4.78 is 0. The van der Waals surface area contributed by atoms with Crippen molar-refractivity contribution in [3.63, 3.8) is 0 Å². The van der Waals surface area contributed by atoms with E-state index in [1.807, 2.05) is 0 Å². The molecule has 0 aromatic rings. The van der Waals surface area contributed by atoms with Gasteiger partial charge in [0.1, 0.15) is 6.04 Å². The van der Waals surface area contributed by atoms with Gasteiger partial charge in [-0.3, -0.25) is 4.79 Å². The van der Waals surface area contributed by atoms with E-state index in [-0.39, 0.29) is 23.7 Å². The van der Waals surface area contributed by atoms with Crippen LogP contribution in [0.4, 0.5) is 0 Å². The fraction of sp³-hybridized carbons (Fsp3) is 0.846. The Morgan fingerprint density at radius 1 is 1.33 bits per heavy atom. The number of amides is 1. The van der Waals surface area contributed by atoms with Crippen LogP contribution in [0.25, 0.3) is 0 Å². The van der Waals surface area contributed by atoms with Gasteiger partial charge in [-0.1, -0.05) is 26.7 Å². The Morgan fingerprint density at radius 2 is 1.94 bits per heavy atom. The van der Waals surface area contributed by atoms with E-state index in [0.29, 0.717) is 6.54 Å². The molecule has 5 nitrogen and oxygen atoms in total. The molecule has 0 aliphatic heterocycles. The number of nitrogens with two attached hydrogens (primary N) is 1. The van der Waals surface area contributed by atoms with Crippen molar-refractivity contribution in [1.82, 2.24) is 5.32 Å². The Bertz CT molecular complexity index is 305. The molecule has 0 bridgehead atoms. The lowest BCUT2D eigenvalue weighted by Gasteiger charge is -2.31. The third-order valence-corrected chi connectivity index (χ3v) is 3.78. The number of rotatable bonds is 5. The van der Waals surface area contributed by atoms with Gasteiger partial charge >= 0.3 is 5.97 Å². The van der Waals surface area contributed by atoms with Crippen LogP contribution < -0.4 is 11.1 Å². The molecule has 18 heavy (non-hydrogen) atoms. The lowest BCUT2D eigenvalue weighted by molar-refractivity contribution is -0.144. The molecule has 0 saturated heterocycles. The van der Waals surface area contributed by atoms with Crippen LogP contribution in [0, 0.1) is 17.8 Å². The third kappa shape index (κ3) is 3.70. The summed E-state index contributed by atoms with van der Waals surface area (Å²) in [7, 11) is 0. The number of nitrogens with one attached hydrogen (secondary N) is 1. The highest BCUT2D eigenvalue weighted by molar-refractivity contribution is 5.85. The minimum Gasteiger partial charge on any atom is -0.480 e. The maximum absolute atomic E-state index is 12.2. The predicted octanol–water partition coefficient (Wildman–Crippen LogP) is 0.977. The molecule has 2 unspecified atom stereocenters. The van der Waals surface area contributed by atoms with Crippen molar-refractivity contribution < 1.29 is 14.7 Å². The monoisotopic (exact) mass is 256 g/mol. The summed E-state index contributed by atoms with van der Waals surface area (Å²) in [5.74, 6) is -1.17. The second kappa shape index (κ2) is 6.73. The first-order valence-corrected chi connectivity index (χ1v) is 6.70. The number of carbonyl (C=O) groups is 2. The first-order valence-electron chi connectivity index (χ1n) is 6.70. The molecule has 1 fully saturated rings. The molecule has 1 rings (SSSR count). The lowest BCUT2D eigenvalue weighted by Crippen LogP contribution is -2.49. The summed E-state index contributed by atoms with van der Waals surface area (Å²) in [6, 6.07) is -0.808. The average Bonchev–Trinajstić information content (AvgIpc) is 2.34. The van der Waals surface area contributed by atoms with Gasteiger partial charge in [0.15, 0.2) is 0 Å². The molecule has 0 radical (unpaired) electrons. The molecule has 3 atom stereocenters. The van der Waals surface area contributed by atoms with Crippen LogP contribution in [0.15, 0.2) is 0 Å². The number of hydrogen-bond acceptors (Lipinski definition) is 3. The predicted molar refractivity (Wildman–Crippen MR) is 68.9 cm³/mol. The second-order valence-corrected chi connectivity index (χ2v) is 5.46. The van der Waals surface area contributed by atoms with Gasteiger partial charge in [0, 0.05) is 5.92 Å². The van der Waals surface area contributed by atoms with Gasteiger partial charge in [0.2, 0.25) is 5.91 Å². The summed E-state index contributed by atoms with van der Waals surface area (Å²) >= 11 is 0. The highest BCUT2D eigenvalue weighted by Crippen LogP contribution is 2.29. The number of carboxylic acid groups (broad SMARTS) is 1. The highest BCUT2D eigenvalue weighted by Gasteiger charge is 2.33. The molecule has 0 heterocycles. The van der Waals surface area contributed by atoms with Crippen LogP contribution in [0.5, 0.6) is 0 Å². The number of carboxylic acids is 1. The van der Waals surface area contributed by atoms with Crippen LogP contribution in [-0.4, -0.2) is 29.6 Å². The van der Waals surface area contributed by atoms with Crippen LogP contribution in [0.1, 0.15) is 39.5 Å². The van der Waals surface area contributed by atoms with Gasteiger partial charge < -0.3 is 16.2 Å². The molecular formula is C13H24N2O3. The maximum Gasteiger partial charge on any atom is 0.326 e. The highest BCUT2D eigenvalue weighted by atomic mass is 16.4. The van der Waals surface area contributed by atoms with E-state index in [1.165, 1.54) is 0 Å². The SMILES string of the molecule is CC(C)[C@@H](NC(=O)C1CCCCC1CN)C(=O)O. The number of carbonyl (C=O) groups excluding carboxylic acids is 1. The molecule has 0 aromatic heterocycles. The fourth-order valence-corrected chi connectivity index (χ4v) is 2.61. The largest absolute Gasteiger partial charge is 0.480 e. The Balaban J connectivity index is 2.64. The molecule has 1 aliphatic carbocycles. The van der Waals surface area contributed by atoms with E-state index in [9.17, 15) is 9.59 Å². The minimum absolute atomic E-state index is 0.119.